The van der Waals surface area contributed by atoms with Crippen LogP contribution >= 0.6 is 15.9 Å². The number of aromatic nitrogens is 1. The molecule has 0 N–H and O–H groups in total. The summed E-state index contributed by atoms with van der Waals surface area (Å²) in [4.78, 5) is 29.7. The van der Waals surface area contributed by atoms with E-state index >= 15 is 0 Å². The number of carbonyl (C=O) groups excluding carboxylic acids is 2. The molecule has 0 aromatic carbocycles. The molecule has 0 atom stereocenters. The van der Waals surface area contributed by atoms with E-state index in [1.54, 1.807) is 0 Å². The van der Waals surface area contributed by atoms with Gasteiger partial charge in [0, 0.05) is 13.1 Å². The fourth-order valence-corrected chi connectivity index (χ4v) is 3.83. The van der Waals surface area contributed by atoms with Crippen LogP contribution in [0.3, 0.4) is 0 Å². The van der Waals surface area contributed by atoms with E-state index in [0.717, 1.165) is 0 Å². The molecular formula is C19H30BrFN2O3Si. The number of nitrogens with zero attached hydrogens (tertiary/aromatic N) is 2. The van der Waals surface area contributed by atoms with Crippen LogP contribution in [-0.2, 0) is 9.22 Å². The van der Waals surface area contributed by atoms with E-state index in [9.17, 15) is 14.0 Å². The molecule has 27 heavy (non-hydrogen) atoms. The van der Waals surface area contributed by atoms with Gasteiger partial charge in [0.2, 0.25) is 5.91 Å². The van der Waals surface area contributed by atoms with Crippen LogP contribution in [0.25, 0.3) is 0 Å². The number of anilines is 1. The Morgan fingerprint density at radius 3 is 2.26 bits per heavy atom. The van der Waals surface area contributed by atoms with Crippen molar-refractivity contribution < 1.29 is 18.4 Å². The standard InChI is InChI=1S/C19H30BrFN2O3Si/c1-13(24)23(17-16(21)14(9-10-22-17)15(25)11-20)19(5,6)12-26-27(7,8)18(2,3)4/h9-10H,11-12H2,1-8H3. The van der Waals surface area contributed by atoms with Gasteiger partial charge in [0.25, 0.3) is 0 Å². The molecule has 0 bridgehead atoms. The summed E-state index contributed by atoms with van der Waals surface area (Å²) in [5, 5.41) is 0.00116. The molecule has 0 unspecified atom stereocenters. The molecule has 1 heterocycles. The molecule has 1 rings (SSSR count). The SMILES string of the molecule is CC(=O)N(c1nccc(C(=O)CBr)c1F)C(C)(C)CO[Si](C)(C)C(C)(C)C. The van der Waals surface area contributed by atoms with Gasteiger partial charge >= 0.3 is 0 Å². The molecule has 0 aliphatic carbocycles. The van der Waals surface area contributed by atoms with Crippen molar-refractivity contribution >= 4 is 41.8 Å². The van der Waals surface area contributed by atoms with Crippen molar-refractivity contribution in [1.82, 2.24) is 4.98 Å². The van der Waals surface area contributed by atoms with Crippen LogP contribution in [0.2, 0.25) is 18.1 Å². The second-order valence-electron chi connectivity index (χ2n) is 8.77. The minimum absolute atomic E-state index is 0.00861. The number of alkyl halides is 1. The number of pyridine rings is 1. The van der Waals surface area contributed by atoms with Gasteiger partial charge in [0.1, 0.15) is 0 Å². The third-order valence-corrected chi connectivity index (χ3v) is 10.0. The zero-order valence-corrected chi connectivity index (χ0v) is 20.0. The fourth-order valence-electron chi connectivity index (χ4n) is 2.38. The smallest absolute Gasteiger partial charge is 0.225 e. The van der Waals surface area contributed by atoms with Crippen LogP contribution in [0.4, 0.5) is 10.2 Å². The number of carbonyl (C=O) groups is 2. The van der Waals surface area contributed by atoms with Crippen LogP contribution in [0, 0.1) is 5.82 Å². The normalized spacial score (nSPS) is 12.8. The molecule has 0 aliphatic rings. The quantitative estimate of drug-likeness (QED) is 0.328. The molecule has 0 aliphatic heterocycles. The zero-order valence-electron chi connectivity index (χ0n) is 17.4. The Bertz CT molecular complexity index is 717. The van der Waals surface area contributed by atoms with Crippen LogP contribution in [-0.4, -0.2) is 42.5 Å². The first-order valence-electron chi connectivity index (χ1n) is 8.84. The third-order valence-electron chi connectivity index (χ3n) is 5.02. The fraction of sp³-hybridized carbons (Fsp3) is 0.632. The molecule has 0 spiro atoms. The maximum absolute atomic E-state index is 15.0. The Hall–Kier alpha value is -1.12. The number of halogens is 2. The van der Waals surface area contributed by atoms with Crippen LogP contribution in [0.1, 0.15) is 51.9 Å². The van der Waals surface area contributed by atoms with E-state index in [-0.39, 0.29) is 34.3 Å². The van der Waals surface area contributed by atoms with E-state index in [0.29, 0.717) is 0 Å². The average Bonchev–Trinajstić information content (AvgIpc) is 2.53. The summed E-state index contributed by atoms with van der Waals surface area (Å²) >= 11 is 3.05. The predicted octanol–water partition coefficient (Wildman–Crippen LogP) is 4.95. The number of ketones is 1. The molecule has 1 aromatic rings. The summed E-state index contributed by atoms with van der Waals surface area (Å²) in [7, 11) is -2.06. The zero-order chi connectivity index (χ0) is 21.2. The average molecular weight is 461 g/mol. The molecule has 0 radical (unpaired) electrons. The van der Waals surface area contributed by atoms with Crippen molar-refractivity contribution in [2.24, 2.45) is 0 Å². The molecule has 0 fully saturated rings. The highest BCUT2D eigenvalue weighted by Crippen LogP contribution is 2.38. The second kappa shape index (κ2) is 8.49. The van der Waals surface area contributed by atoms with Crippen LogP contribution in [0.5, 0.6) is 0 Å². The highest BCUT2D eigenvalue weighted by atomic mass is 79.9. The minimum Gasteiger partial charge on any atom is -0.414 e. The van der Waals surface area contributed by atoms with Gasteiger partial charge in [-0.05, 0) is 38.0 Å². The molecule has 1 amide bonds. The van der Waals surface area contributed by atoms with Gasteiger partial charge in [-0.15, -0.1) is 0 Å². The predicted molar refractivity (Wildman–Crippen MR) is 113 cm³/mol. The first-order chi connectivity index (χ1) is 12.2. The number of hydrogen-bond donors (Lipinski definition) is 0. The number of Topliss-reactive ketones (excluding diaryl/α,β-unsaturated/α-hetero) is 1. The first-order valence-corrected chi connectivity index (χ1v) is 12.9. The van der Waals surface area contributed by atoms with E-state index < -0.39 is 25.5 Å². The second-order valence-corrected chi connectivity index (χ2v) is 14.1. The monoisotopic (exact) mass is 460 g/mol. The number of amides is 1. The van der Waals surface area contributed by atoms with Crippen molar-refractivity contribution in [1.29, 1.82) is 0 Å². The van der Waals surface area contributed by atoms with Crippen molar-refractivity contribution in [2.75, 3.05) is 16.8 Å². The topological polar surface area (TPSA) is 59.5 Å². The first kappa shape index (κ1) is 23.9. The van der Waals surface area contributed by atoms with E-state index in [1.165, 1.54) is 24.1 Å². The summed E-state index contributed by atoms with van der Waals surface area (Å²) in [5.74, 6) is -1.72. The lowest BCUT2D eigenvalue weighted by atomic mass is 10.0. The molecular weight excluding hydrogens is 431 g/mol. The lowest BCUT2D eigenvalue weighted by Gasteiger charge is -2.42. The Kier molecular flexibility index (Phi) is 7.52. The Balaban J connectivity index is 3.29. The summed E-state index contributed by atoms with van der Waals surface area (Å²) < 4.78 is 21.3. The van der Waals surface area contributed by atoms with Crippen molar-refractivity contribution in [3.63, 3.8) is 0 Å². The molecule has 1 aromatic heterocycles. The lowest BCUT2D eigenvalue weighted by molar-refractivity contribution is -0.118. The lowest BCUT2D eigenvalue weighted by Crippen LogP contribution is -2.54. The molecule has 0 saturated heterocycles. The van der Waals surface area contributed by atoms with Crippen molar-refractivity contribution in [3.8, 4) is 0 Å². The van der Waals surface area contributed by atoms with E-state index in [1.807, 2.05) is 13.8 Å². The highest BCUT2D eigenvalue weighted by Gasteiger charge is 2.41. The van der Waals surface area contributed by atoms with Gasteiger partial charge in [-0.25, -0.2) is 9.37 Å². The van der Waals surface area contributed by atoms with Gasteiger partial charge in [0.05, 0.1) is 23.0 Å². The van der Waals surface area contributed by atoms with Gasteiger partial charge < -0.3 is 4.43 Å². The third kappa shape index (κ3) is 5.45. The Labute approximate surface area is 170 Å². The molecule has 5 nitrogen and oxygen atoms in total. The molecule has 0 saturated carbocycles. The van der Waals surface area contributed by atoms with Crippen molar-refractivity contribution in [3.05, 3.63) is 23.6 Å². The van der Waals surface area contributed by atoms with Crippen molar-refractivity contribution in [2.45, 2.75) is 65.2 Å². The van der Waals surface area contributed by atoms with E-state index in [4.69, 9.17) is 4.43 Å². The molecule has 8 heteroatoms. The summed E-state index contributed by atoms with van der Waals surface area (Å²) in [6, 6.07) is 1.32. The number of hydrogen-bond acceptors (Lipinski definition) is 4. The molecule has 152 valence electrons. The minimum atomic E-state index is -2.06. The van der Waals surface area contributed by atoms with Gasteiger partial charge in [0.15, 0.2) is 25.7 Å². The van der Waals surface area contributed by atoms with Crippen LogP contribution in [0.15, 0.2) is 12.3 Å². The van der Waals surface area contributed by atoms with Crippen LogP contribution < -0.4 is 4.90 Å². The highest BCUT2D eigenvalue weighted by molar-refractivity contribution is 9.09. The van der Waals surface area contributed by atoms with Gasteiger partial charge in [-0.3, -0.25) is 14.5 Å². The van der Waals surface area contributed by atoms with E-state index in [2.05, 4.69) is 54.8 Å². The van der Waals surface area contributed by atoms with Gasteiger partial charge in [-0.1, -0.05) is 36.7 Å². The number of rotatable bonds is 7. The largest absolute Gasteiger partial charge is 0.414 e. The Morgan fingerprint density at radius 2 is 1.81 bits per heavy atom. The summed E-state index contributed by atoms with van der Waals surface area (Å²) in [6.45, 7) is 15.8. The van der Waals surface area contributed by atoms with Gasteiger partial charge in [-0.2, -0.15) is 0 Å². The maximum atomic E-state index is 15.0. The Morgan fingerprint density at radius 1 is 1.26 bits per heavy atom. The maximum Gasteiger partial charge on any atom is 0.225 e. The summed E-state index contributed by atoms with van der Waals surface area (Å²) in [6.07, 6.45) is 1.34. The summed E-state index contributed by atoms with van der Waals surface area (Å²) in [5.41, 5.74) is -0.935.